The normalized spacial score (nSPS) is 14.7. The molecule has 0 aliphatic carbocycles. The maximum absolute atomic E-state index is 12.3. The van der Waals surface area contributed by atoms with Crippen LogP contribution in [-0.4, -0.2) is 54.6 Å². The minimum atomic E-state index is -0.255. The summed E-state index contributed by atoms with van der Waals surface area (Å²) in [5.41, 5.74) is 1.18. The molecule has 0 radical (unpaired) electrons. The predicted octanol–water partition coefficient (Wildman–Crippen LogP) is 2.70. The zero-order chi connectivity index (χ0) is 16.5. The van der Waals surface area contributed by atoms with Gasteiger partial charge < -0.3 is 14.5 Å². The number of amides is 2. The van der Waals surface area contributed by atoms with Crippen molar-refractivity contribution in [2.45, 2.75) is 32.6 Å². The van der Waals surface area contributed by atoms with Gasteiger partial charge in [-0.2, -0.15) is 0 Å². The van der Waals surface area contributed by atoms with Gasteiger partial charge in [-0.05, 0) is 18.4 Å². The van der Waals surface area contributed by atoms with Gasteiger partial charge in [0.2, 0.25) is 5.91 Å². The third-order valence-corrected chi connectivity index (χ3v) is 4.08. The van der Waals surface area contributed by atoms with E-state index in [9.17, 15) is 9.59 Å². The van der Waals surface area contributed by atoms with Crippen LogP contribution in [0.25, 0.3) is 0 Å². The molecule has 1 fully saturated rings. The van der Waals surface area contributed by atoms with Crippen LogP contribution >= 0.6 is 0 Å². The molecule has 1 heterocycles. The Bertz CT molecular complexity index is 496. The van der Waals surface area contributed by atoms with Crippen LogP contribution in [0.5, 0.6) is 0 Å². The van der Waals surface area contributed by atoms with Crippen molar-refractivity contribution in [2.24, 2.45) is 0 Å². The predicted molar refractivity (Wildman–Crippen MR) is 89.2 cm³/mol. The van der Waals surface area contributed by atoms with Gasteiger partial charge in [-0.15, -0.1) is 0 Å². The Kier molecular flexibility index (Phi) is 6.91. The lowest BCUT2D eigenvalue weighted by molar-refractivity contribution is -0.132. The average Bonchev–Trinajstić information content (AvgIpc) is 2.61. The van der Waals surface area contributed by atoms with E-state index in [1.807, 2.05) is 35.2 Å². The first kappa shape index (κ1) is 17.3. The number of ether oxygens (including phenoxy) is 1. The molecule has 0 spiro atoms. The maximum atomic E-state index is 12.3. The van der Waals surface area contributed by atoms with Crippen molar-refractivity contribution in [3.05, 3.63) is 35.9 Å². The minimum absolute atomic E-state index is 0.160. The van der Waals surface area contributed by atoms with E-state index in [2.05, 4.69) is 6.92 Å². The molecule has 23 heavy (non-hydrogen) atoms. The number of piperazine rings is 1. The first-order valence-corrected chi connectivity index (χ1v) is 8.44. The largest absolute Gasteiger partial charge is 0.449 e. The highest BCUT2D eigenvalue weighted by molar-refractivity contribution is 5.77. The number of carbonyl (C=O) groups is 2. The fourth-order valence-electron chi connectivity index (χ4n) is 2.59. The van der Waals surface area contributed by atoms with E-state index in [1.165, 1.54) is 5.56 Å². The van der Waals surface area contributed by atoms with E-state index in [-0.39, 0.29) is 12.0 Å². The Morgan fingerprint density at radius 2 is 1.70 bits per heavy atom. The maximum Gasteiger partial charge on any atom is 0.409 e. The van der Waals surface area contributed by atoms with Gasteiger partial charge in [0, 0.05) is 32.6 Å². The molecule has 5 nitrogen and oxygen atoms in total. The zero-order valence-electron chi connectivity index (χ0n) is 13.9. The van der Waals surface area contributed by atoms with Crippen LogP contribution in [0, 0.1) is 0 Å². The number of hydrogen-bond acceptors (Lipinski definition) is 3. The summed E-state index contributed by atoms with van der Waals surface area (Å²) in [5.74, 6) is 0.160. The highest BCUT2D eigenvalue weighted by Gasteiger charge is 2.24. The molecule has 126 valence electrons. The summed E-state index contributed by atoms with van der Waals surface area (Å²) in [5, 5.41) is 0. The molecule has 0 aromatic heterocycles. The average molecular weight is 318 g/mol. The fourth-order valence-corrected chi connectivity index (χ4v) is 2.59. The van der Waals surface area contributed by atoms with Gasteiger partial charge in [-0.1, -0.05) is 43.7 Å². The summed E-state index contributed by atoms with van der Waals surface area (Å²) in [6.45, 7) is 4.84. The summed E-state index contributed by atoms with van der Waals surface area (Å²) in [6.07, 6.45) is 2.93. The third kappa shape index (κ3) is 5.58. The first-order valence-electron chi connectivity index (χ1n) is 8.44. The molecule has 0 bridgehead atoms. The molecule has 1 saturated heterocycles. The Labute approximate surface area is 138 Å². The second-order valence-corrected chi connectivity index (χ2v) is 5.82. The standard InChI is InChI=1S/C18H26N2O3/c1-2-3-15-23-18(22)20-13-11-19(12-14-20)17(21)10-9-16-7-5-4-6-8-16/h4-8H,2-3,9-15H2,1H3. The highest BCUT2D eigenvalue weighted by atomic mass is 16.6. The first-order chi connectivity index (χ1) is 11.2. The van der Waals surface area contributed by atoms with Crippen LogP contribution in [0.3, 0.4) is 0 Å². The number of benzene rings is 1. The van der Waals surface area contributed by atoms with Crippen molar-refractivity contribution in [1.82, 2.24) is 9.80 Å². The van der Waals surface area contributed by atoms with Gasteiger partial charge in [0.15, 0.2) is 0 Å². The van der Waals surface area contributed by atoms with Crippen molar-refractivity contribution in [3.8, 4) is 0 Å². The molecule has 0 N–H and O–H groups in total. The van der Waals surface area contributed by atoms with Crippen LogP contribution in [0.15, 0.2) is 30.3 Å². The topological polar surface area (TPSA) is 49.9 Å². The number of aryl methyl sites for hydroxylation is 1. The van der Waals surface area contributed by atoms with E-state index in [0.29, 0.717) is 39.2 Å². The Hall–Kier alpha value is -2.04. The van der Waals surface area contributed by atoms with Crippen LogP contribution in [-0.2, 0) is 16.0 Å². The fraction of sp³-hybridized carbons (Fsp3) is 0.556. The van der Waals surface area contributed by atoms with Crippen molar-refractivity contribution < 1.29 is 14.3 Å². The van der Waals surface area contributed by atoms with Crippen LogP contribution in [0.4, 0.5) is 4.79 Å². The smallest absolute Gasteiger partial charge is 0.409 e. The number of hydrogen-bond donors (Lipinski definition) is 0. The summed E-state index contributed by atoms with van der Waals surface area (Å²) < 4.78 is 5.21. The van der Waals surface area contributed by atoms with Crippen molar-refractivity contribution >= 4 is 12.0 Å². The molecule has 2 rings (SSSR count). The molecule has 1 aromatic rings. The van der Waals surface area contributed by atoms with E-state index in [1.54, 1.807) is 4.90 Å². The summed E-state index contributed by atoms with van der Waals surface area (Å²) in [6, 6.07) is 10.0. The number of unbranched alkanes of at least 4 members (excludes halogenated alkanes) is 1. The summed E-state index contributed by atoms with van der Waals surface area (Å²) in [4.78, 5) is 27.6. The number of carbonyl (C=O) groups excluding carboxylic acids is 2. The molecule has 1 aliphatic rings. The monoisotopic (exact) mass is 318 g/mol. The second-order valence-electron chi connectivity index (χ2n) is 5.82. The lowest BCUT2D eigenvalue weighted by atomic mass is 10.1. The van der Waals surface area contributed by atoms with E-state index < -0.39 is 0 Å². The van der Waals surface area contributed by atoms with E-state index >= 15 is 0 Å². The Morgan fingerprint density at radius 3 is 2.35 bits per heavy atom. The molecule has 2 amide bonds. The SMILES string of the molecule is CCCCOC(=O)N1CCN(C(=O)CCc2ccccc2)CC1. The molecule has 0 saturated carbocycles. The van der Waals surface area contributed by atoms with E-state index in [4.69, 9.17) is 4.74 Å². The zero-order valence-corrected chi connectivity index (χ0v) is 13.9. The summed E-state index contributed by atoms with van der Waals surface area (Å²) >= 11 is 0. The number of nitrogens with zero attached hydrogens (tertiary/aromatic N) is 2. The summed E-state index contributed by atoms with van der Waals surface area (Å²) in [7, 11) is 0. The van der Waals surface area contributed by atoms with Crippen LogP contribution in [0.2, 0.25) is 0 Å². The van der Waals surface area contributed by atoms with Gasteiger partial charge in [-0.3, -0.25) is 4.79 Å². The van der Waals surface area contributed by atoms with Crippen molar-refractivity contribution in [3.63, 3.8) is 0 Å². The van der Waals surface area contributed by atoms with Crippen LogP contribution < -0.4 is 0 Å². The molecular formula is C18H26N2O3. The molecular weight excluding hydrogens is 292 g/mol. The minimum Gasteiger partial charge on any atom is -0.449 e. The quantitative estimate of drug-likeness (QED) is 0.758. The Balaban J connectivity index is 1.69. The van der Waals surface area contributed by atoms with Gasteiger partial charge in [-0.25, -0.2) is 4.79 Å². The lowest BCUT2D eigenvalue weighted by Gasteiger charge is -2.34. The van der Waals surface area contributed by atoms with Crippen molar-refractivity contribution in [2.75, 3.05) is 32.8 Å². The molecule has 5 heteroatoms. The molecule has 1 aromatic carbocycles. The molecule has 0 atom stereocenters. The van der Waals surface area contributed by atoms with Gasteiger partial charge in [0.25, 0.3) is 0 Å². The highest BCUT2D eigenvalue weighted by Crippen LogP contribution is 2.09. The van der Waals surface area contributed by atoms with Gasteiger partial charge in [0.1, 0.15) is 0 Å². The lowest BCUT2D eigenvalue weighted by Crippen LogP contribution is -2.50. The molecule has 0 unspecified atom stereocenters. The van der Waals surface area contributed by atoms with Crippen LogP contribution in [0.1, 0.15) is 31.7 Å². The van der Waals surface area contributed by atoms with Crippen molar-refractivity contribution in [1.29, 1.82) is 0 Å². The van der Waals surface area contributed by atoms with Gasteiger partial charge >= 0.3 is 6.09 Å². The van der Waals surface area contributed by atoms with Gasteiger partial charge in [0.05, 0.1) is 6.61 Å². The third-order valence-electron chi connectivity index (χ3n) is 4.08. The van der Waals surface area contributed by atoms with E-state index in [0.717, 1.165) is 19.3 Å². The number of rotatable bonds is 6. The second kappa shape index (κ2) is 9.18. The Morgan fingerprint density at radius 1 is 1.04 bits per heavy atom. The molecule has 1 aliphatic heterocycles.